The fourth-order valence-electron chi connectivity index (χ4n) is 1.93. The molecule has 0 N–H and O–H groups in total. The van der Waals surface area contributed by atoms with Gasteiger partial charge in [0.1, 0.15) is 5.82 Å². The van der Waals surface area contributed by atoms with Crippen LogP contribution in [0.5, 0.6) is 0 Å². The van der Waals surface area contributed by atoms with Crippen LogP contribution < -0.4 is 5.69 Å². The summed E-state index contributed by atoms with van der Waals surface area (Å²) in [7, 11) is 0. The van der Waals surface area contributed by atoms with Gasteiger partial charge in [-0.05, 0) is 26.7 Å². The Bertz CT molecular complexity index is 375. The molecule has 4 nitrogen and oxygen atoms in total. The summed E-state index contributed by atoms with van der Waals surface area (Å²) in [5.74, 6) is 0.973. The minimum absolute atomic E-state index is 0.0666. The summed E-state index contributed by atoms with van der Waals surface area (Å²) in [6.07, 6.45) is 4.44. The molecule has 1 aliphatic rings. The zero-order chi connectivity index (χ0) is 10.1. The van der Waals surface area contributed by atoms with E-state index in [1.807, 2.05) is 18.4 Å². The molecule has 0 saturated carbocycles. The molecule has 78 valence electrons. The molecule has 0 bridgehead atoms. The van der Waals surface area contributed by atoms with Crippen molar-refractivity contribution in [3.8, 4) is 0 Å². The van der Waals surface area contributed by atoms with E-state index in [0.717, 1.165) is 31.6 Å². The molecule has 0 fully saturated rings. The second-order valence-electron chi connectivity index (χ2n) is 4.20. The molecule has 0 unspecified atom stereocenters. The van der Waals surface area contributed by atoms with E-state index >= 15 is 0 Å². The van der Waals surface area contributed by atoms with E-state index in [1.54, 1.807) is 4.68 Å². The van der Waals surface area contributed by atoms with Crippen molar-refractivity contribution in [3.63, 3.8) is 0 Å². The van der Waals surface area contributed by atoms with Gasteiger partial charge >= 0.3 is 5.69 Å². The quantitative estimate of drug-likeness (QED) is 0.678. The maximum absolute atomic E-state index is 11.9. The summed E-state index contributed by atoms with van der Waals surface area (Å²) < 4.78 is 3.44. The summed E-state index contributed by atoms with van der Waals surface area (Å²) in [4.78, 5) is 11.9. The number of fused-ring (bicyclic) bond motifs is 1. The normalized spacial score (nSPS) is 16.8. The van der Waals surface area contributed by atoms with E-state index in [1.165, 1.54) is 6.42 Å². The molecule has 2 heterocycles. The van der Waals surface area contributed by atoms with E-state index in [-0.39, 0.29) is 11.7 Å². The van der Waals surface area contributed by atoms with E-state index < -0.39 is 0 Å². The van der Waals surface area contributed by atoms with Gasteiger partial charge in [-0.15, -0.1) is 0 Å². The predicted octanol–water partition coefficient (Wildman–Crippen LogP) is 1.35. The molecule has 1 aromatic heterocycles. The average molecular weight is 195 g/mol. The van der Waals surface area contributed by atoms with Crippen molar-refractivity contribution in [2.24, 2.45) is 0 Å². The van der Waals surface area contributed by atoms with Crippen LogP contribution in [0, 0.1) is 0 Å². The third-order valence-corrected chi connectivity index (χ3v) is 2.73. The number of aromatic nitrogens is 3. The molecule has 0 aromatic carbocycles. The van der Waals surface area contributed by atoms with Crippen LogP contribution in [0.15, 0.2) is 4.79 Å². The molecule has 0 aliphatic carbocycles. The van der Waals surface area contributed by atoms with Crippen LogP contribution in [0.25, 0.3) is 0 Å². The Kier molecular flexibility index (Phi) is 2.44. The van der Waals surface area contributed by atoms with Gasteiger partial charge in [-0.2, -0.15) is 5.10 Å². The number of hydrogen-bond donors (Lipinski definition) is 0. The molecule has 0 spiro atoms. The van der Waals surface area contributed by atoms with E-state index in [2.05, 4.69) is 5.10 Å². The maximum atomic E-state index is 11.9. The van der Waals surface area contributed by atoms with Gasteiger partial charge in [0, 0.05) is 13.0 Å². The first-order valence-electron chi connectivity index (χ1n) is 5.38. The van der Waals surface area contributed by atoms with Crippen molar-refractivity contribution < 1.29 is 0 Å². The fraction of sp³-hybridized carbons (Fsp3) is 0.800. The summed E-state index contributed by atoms with van der Waals surface area (Å²) in [6.45, 7) is 4.84. The molecule has 2 rings (SSSR count). The first-order valence-corrected chi connectivity index (χ1v) is 5.38. The second-order valence-corrected chi connectivity index (χ2v) is 4.20. The molecule has 14 heavy (non-hydrogen) atoms. The van der Waals surface area contributed by atoms with Gasteiger partial charge in [-0.25, -0.2) is 9.48 Å². The Labute approximate surface area is 83.5 Å². The van der Waals surface area contributed by atoms with E-state index in [9.17, 15) is 4.79 Å². The van der Waals surface area contributed by atoms with Crippen molar-refractivity contribution in [3.05, 3.63) is 16.3 Å². The monoisotopic (exact) mass is 195 g/mol. The lowest BCUT2D eigenvalue weighted by Gasteiger charge is -2.01. The number of rotatable bonds is 1. The Morgan fingerprint density at radius 3 is 2.79 bits per heavy atom. The lowest BCUT2D eigenvalue weighted by molar-refractivity contribution is 0.495. The maximum Gasteiger partial charge on any atom is 0.346 e. The molecule has 0 saturated heterocycles. The van der Waals surface area contributed by atoms with Crippen molar-refractivity contribution in [1.82, 2.24) is 14.3 Å². The highest BCUT2D eigenvalue weighted by molar-refractivity contribution is 4.90. The van der Waals surface area contributed by atoms with Crippen LogP contribution in [-0.4, -0.2) is 14.3 Å². The highest BCUT2D eigenvalue weighted by atomic mass is 16.2. The van der Waals surface area contributed by atoms with Crippen molar-refractivity contribution in [2.45, 2.75) is 52.1 Å². The van der Waals surface area contributed by atoms with Gasteiger partial charge in [0.25, 0.3) is 0 Å². The number of nitrogens with zero attached hydrogens (tertiary/aromatic N) is 3. The Morgan fingerprint density at radius 2 is 2.07 bits per heavy atom. The SMILES string of the molecule is CC(C)n1nc2n(c1=O)CCCCC2. The summed E-state index contributed by atoms with van der Waals surface area (Å²) in [6, 6.07) is 0.168. The van der Waals surface area contributed by atoms with Crippen LogP contribution in [0.3, 0.4) is 0 Å². The molecule has 0 radical (unpaired) electrons. The van der Waals surface area contributed by atoms with Crippen LogP contribution in [-0.2, 0) is 13.0 Å². The third kappa shape index (κ3) is 1.49. The lowest BCUT2D eigenvalue weighted by Crippen LogP contribution is -2.26. The highest BCUT2D eigenvalue weighted by Gasteiger charge is 2.16. The van der Waals surface area contributed by atoms with Gasteiger partial charge in [0.05, 0.1) is 6.04 Å². The Morgan fingerprint density at radius 1 is 1.29 bits per heavy atom. The third-order valence-electron chi connectivity index (χ3n) is 2.73. The topological polar surface area (TPSA) is 39.8 Å². The largest absolute Gasteiger partial charge is 0.346 e. The van der Waals surface area contributed by atoms with Crippen LogP contribution >= 0.6 is 0 Å². The van der Waals surface area contributed by atoms with Crippen LogP contribution in [0.1, 0.15) is 45.0 Å². The molecule has 1 aliphatic heterocycles. The summed E-state index contributed by atoms with van der Waals surface area (Å²) in [5.41, 5.74) is 0.0666. The van der Waals surface area contributed by atoms with Crippen LogP contribution in [0.2, 0.25) is 0 Å². The first kappa shape index (κ1) is 9.49. The lowest BCUT2D eigenvalue weighted by atomic mass is 10.2. The van der Waals surface area contributed by atoms with Gasteiger partial charge < -0.3 is 0 Å². The minimum atomic E-state index is 0.0666. The number of aryl methyl sites for hydroxylation is 1. The molecule has 1 aromatic rings. The standard InChI is InChI=1S/C10H17N3O/c1-8(2)13-10(14)12-7-5-3-4-6-9(12)11-13/h8H,3-7H2,1-2H3. The van der Waals surface area contributed by atoms with Crippen molar-refractivity contribution in [2.75, 3.05) is 0 Å². The van der Waals surface area contributed by atoms with E-state index in [4.69, 9.17) is 0 Å². The van der Waals surface area contributed by atoms with Gasteiger partial charge in [-0.1, -0.05) is 6.42 Å². The van der Waals surface area contributed by atoms with Gasteiger partial charge in [0.2, 0.25) is 0 Å². The van der Waals surface area contributed by atoms with Crippen molar-refractivity contribution in [1.29, 1.82) is 0 Å². The van der Waals surface area contributed by atoms with E-state index in [0.29, 0.717) is 0 Å². The Hall–Kier alpha value is -1.06. The molecular weight excluding hydrogens is 178 g/mol. The first-order chi connectivity index (χ1) is 6.70. The highest BCUT2D eigenvalue weighted by Crippen LogP contribution is 2.11. The molecular formula is C10H17N3O. The summed E-state index contributed by atoms with van der Waals surface area (Å²) >= 11 is 0. The summed E-state index contributed by atoms with van der Waals surface area (Å²) in [5, 5.41) is 4.38. The smallest absolute Gasteiger partial charge is 0.279 e. The van der Waals surface area contributed by atoms with Gasteiger partial charge in [-0.3, -0.25) is 4.57 Å². The average Bonchev–Trinajstić information content (AvgIpc) is 2.37. The zero-order valence-corrected chi connectivity index (χ0v) is 8.86. The predicted molar refractivity (Wildman–Crippen MR) is 54.4 cm³/mol. The minimum Gasteiger partial charge on any atom is -0.279 e. The molecule has 0 atom stereocenters. The second kappa shape index (κ2) is 3.59. The zero-order valence-electron chi connectivity index (χ0n) is 8.86. The molecule has 0 amide bonds. The van der Waals surface area contributed by atoms with Crippen LogP contribution in [0.4, 0.5) is 0 Å². The molecule has 4 heteroatoms. The number of hydrogen-bond acceptors (Lipinski definition) is 2. The van der Waals surface area contributed by atoms with Gasteiger partial charge in [0.15, 0.2) is 0 Å². The van der Waals surface area contributed by atoms with Crippen molar-refractivity contribution >= 4 is 0 Å². The Balaban J connectivity index is 2.45. The fourth-order valence-corrected chi connectivity index (χ4v) is 1.93.